The van der Waals surface area contributed by atoms with Crippen molar-refractivity contribution < 1.29 is 9.53 Å². The lowest BCUT2D eigenvalue weighted by atomic mass is 9.94. The molecule has 0 amide bonds. The fraction of sp³-hybridized carbons (Fsp3) is 0.955. The van der Waals surface area contributed by atoms with Gasteiger partial charge in [0.2, 0.25) is 0 Å². The smallest absolute Gasteiger partial charge is 0.308 e. The molecule has 0 aromatic carbocycles. The minimum absolute atomic E-state index is 0.0824. The second-order valence-corrected chi connectivity index (χ2v) is 8.45. The molecule has 0 fully saturated rings. The van der Waals surface area contributed by atoms with E-state index in [4.69, 9.17) is 4.74 Å². The van der Waals surface area contributed by atoms with Gasteiger partial charge in [-0.1, -0.05) is 113 Å². The SMILES string of the molecule is CCCCCCCCC(CCCCCC)C(=O)OCCCCCCI. The molecule has 0 aliphatic heterocycles. The van der Waals surface area contributed by atoms with Crippen molar-refractivity contribution in [2.24, 2.45) is 5.92 Å². The largest absolute Gasteiger partial charge is 0.465 e. The van der Waals surface area contributed by atoms with Gasteiger partial charge in [0.05, 0.1) is 12.5 Å². The van der Waals surface area contributed by atoms with Crippen molar-refractivity contribution in [2.45, 2.75) is 117 Å². The Morgan fingerprint density at radius 1 is 0.720 bits per heavy atom. The number of rotatable bonds is 19. The average Bonchev–Trinajstić information content (AvgIpc) is 2.62. The van der Waals surface area contributed by atoms with E-state index in [0.717, 1.165) is 19.3 Å². The summed E-state index contributed by atoms with van der Waals surface area (Å²) in [5.41, 5.74) is 0. The first kappa shape index (κ1) is 25.2. The van der Waals surface area contributed by atoms with Gasteiger partial charge in [0, 0.05) is 0 Å². The Hall–Kier alpha value is 0.200. The monoisotopic (exact) mass is 466 g/mol. The molecule has 150 valence electrons. The fourth-order valence-electron chi connectivity index (χ4n) is 3.21. The number of hydrogen-bond acceptors (Lipinski definition) is 2. The van der Waals surface area contributed by atoms with Crippen molar-refractivity contribution in [1.29, 1.82) is 0 Å². The Morgan fingerprint density at radius 3 is 1.80 bits per heavy atom. The van der Waals surface area contributed by atoms with E-state index in [0.29, 0.717) is 6.61 Å². The first-order valence-electron chi connectivity index (χ1n) is 11.0. The van der Waals surface area contributed by atoms with Crippen molar-refractivity contribution in [1.82, 2.24) is 0 Å². The van der Waals surface area contributed by atoms with E-state index in [2.05, 4.69) is 36.4 Å². The normalized spacial score (nSPS) is 12.3. The second-order valence-electron chi connectivity index (χ2n) is 7.37. The van der Waals surface area contributed by atoms with Gasteiger partial charge < -0.3 is 4.74 Å². The first-order chi connectivity index (χ1) is 12.3. The third-order valence-electron chi connectivity index (χ3n) is 4.92. The summed E-state index contributed by atoms with van der Waals surface area (Å²) >= 11 is 2.42. The maximum Gasteiger partial charge on any atom is 0.308 e. The summed E-state index contributed by atoms with van der Waals surface area (Å²) in [4.78, 5) is 12.4. The highest BCUT2D eigenvalue weighted by atomic mass is 127. The lowest BCUT2D eigenvalue weighted by Crippen LogP contribution is -2.18. The van der Waals surface area contributed by atoms with Crippen molar-refractivity contribution in [2.75, 3.05) is 11.0 Å². The van der Waals surface area contributed by atoms with Crippen molar-refractivity contribution >= 4 is 28.6 Å². The topological polar surface area (TPSA) is 26.3 Å². The molecule has 0 aromatic rings. The Bertz CT molecular complexity index is 281. The summed E-state index contributed by atoms with van der Waals surface area (Å²) in [6, 6.07) is 0. The predicted molar refractivity (Wildman–Crippen MR) is 119 cm³/mol. The molecule has 0 bridgehead atoms. The molecule has 0 N–H and O–H groups in total. The summed E-state index contributed by atoms with van der Waals surface area (Å²) in [5.74, 6) is 0.233. The zero-order valence-corrected chi connectivity index (χ0v) is 19.2. The van der Waals surface area contributed by atoms with Crippen LogP contribution in [0.1, 0.15) is 117 Å². The summed E-state index contributed by atoms with van der Waals surface area (Å²) in [5, 5.41) is 0. The number of esters is 1. The Kier molecular flexibility index (Phi) is 20.7. The van der Waals surface area contributed by atoms with Crippen LogP contribution in [-0.4, -0.2) is 17.0 Å². The zero-order chi connectivity index (χ0) is 18.6. The highest BCUT2D eigenvalue weighted by Gasteiger charge is 2.19. The molecule has 0 aromatic heterocycles. The van der Waals surface area contributed by atoms with Crippen molar-refractivity contribution in [3.63, 3.8) is 0 Å². The van der Waals surface area contributed by atoms with Crippen molar-refractivity contribution in [3.05, 3.63) is 0 Å². The van der Waals surface area contributed by atoms with Crippen LogP contribution in [0.5, 0.6) is 0 Å². The molecule has 0 radical (unpaired) electrons. The molecule has 1 atom stereocenters. The number of carbonyl (C=O) groups excluding carboxylic acids is 1. The van der Waals surface area contributed by atoms with E-state index in [-0.39, 0.29) is 11.9 Å². The van der Waals surface area contributed by atoms with Crippen LogP contribution in [0.15, 0.2) is 0 Å². The molecule has 0 heterocycles. The molecule has 1 unspecified atom stereocenters. The molecule has 0 aliphatic rings. The number of halogens is 1. The Balaban J connectivity index is 3.97. The molecule has 2 nitrogen and oxygen atoms in total. The minimum Gasteiger partial charge on any atom is -0.465 e. The fourth-order valence-corrected chi connectivity index (χ4v) is 3.75. The van der Waals surface area contributed by atoms with Gasteiger partial charge in [-0.25, -0.2) is 0 Å². The number of ether oxygens (including phenoxy) is 1. The third kappa shape index (κ3) is 17.4. The highest BCUT2D eigenvalue weighted by molar-refractivity contribution is 14.1. The second kappa shape index (κ2) is 20.5. The number of unbranched alkanes of at least 4 members (excludes halogenated alkanes) is 11. The van der Waals surface area contributed by atoms with Gasteiger partial charge in [0.1, 0.15) is 0 Å². The Morgan fingerprint density at radius 2 is 1.20 bits per heavy atom. The quantitative estimate of drug-likeness (QED) is 0.0838. The number of carbonyl (C=O) groups is 1. The predicted octanol–water partition coefficient (Wildman–Crippen LogP) is 7.86. The zero-order valence-electron chi connectivity index (χ0n) is 17.0. The van der Waals surface area contributed by atoms with Crippen LogP contribution in [0.25, 0.3) is 0 Å². The lowest BCUT2D eigenvalue weighted by Gasteiger charge is -2.16. The summed E-state index contributed by atoms with van der Waals surface area (Å²) in [6.07, 6.45) is 19.6. The van der Waals surface area contributed by atoms with Gasteiger partial charge >= 0.3 is 5.97 Å². The first-order valence-corrected chi connectivity index (χ1v) is 12.5. The van der Waals surface area contributed by atoms with E-state index in [1.807, 2.05) is 0 Å². The van der Waals surface area contributed by atoms with E-state index < -0.39 is 0 Å². The van der Waals surface area contributed by atoms with Gasteiger partial charge in [-0.2, -0.15) is 0 Å². The van der Waals surface area contributed by atoms with Gasteiger partial charge in [0.25, 0.3) is 0 Å². The summed E-state index contributed by atoms with van der Waals surface area (Å²) in [6.45, 7) is 5.12. The van der Waals surface area contributed by atoms with Crippen molar-refractivity contribution in [3.8, 4) is 0 Å². The highest BCUT2D eigenvalue weighted by Crippen LogP contribution is 2.20. The molecule has 0 spiro atoms. The van der Waals surface area contributed by atoms with Gasteiger partial charge in [-0.05, 0) is 30.1 Å². The molecule has 0 aliphatic carbocycles. The standard InChI is InChI=1S/C22H43IO2/c1-3-5-7-9-10-14-18-21(17-13-8-6-4-2)22(24)25-20-16-12-11-15-19-23/h21H,3-20H2,1-2H3. The van der Waals surface area contributed by atoms with Crippen LogP contribution in [-0.2, 0) is 9.53 Å². The van der Waals surface area contributed by atoms with Crippen LogP contribution in [0.3, 0.4) is 0 Å². The number of hydrogen-bond donors (Lipinski definition) is 0. The lowest BCUT2D eigenvalue weighted by molar-refractivity contribution is -0.149. The van der Waals surface area contributed by atoms with E-state index in [9.17, 15) is 4.79 Å². The van der Waals surface area contributed by atoms with Gasteiger partial charge in [0.15, 0.2) is 0 Å². The van der Waals surface area contributed by atoms with Gasteiger partial charge in [-0.15, -0.1) is 0 Å². The van der Waals surface area contributed by atoms with Crippen LogP contribution in [0.2, 0.25) is 0 Å². The average molecular weight is 466 g/mol. The maximum atomic E-state index is 12.4. The third-order valence-corrected chi connectivity index (χ3v) is 5.68. The molecule has 0 rings (SSSR count). The molecule has 0 saturated carbocycles. The molecular formula is C22H43IO2. The maximum absolute atomic E-state index is 12.4. The van der Waals surface area contributed by atoms with Crippen LogP contribution in [0.4, 0.5) is 0 Å². The van der Waals surface area contributed by atoms with Crippen LogP contribution < -0.4 is 0 Å². The molecule has 3 heteroatoms. The molecule has 25 heavy (non-hydrogen) atoms. The van der Waals surface area contributed by atoms with E-state index in [1.165, 1.54) is 87.9 Å². The molecule has 0 saturated heterocycles. The molecular weight excluding hydrogens is 423 g/mol. The van der Waals surface area contributed by atoms with E-state index in [1.54, 1.807) is 0 Å². The van der Waals surface area contributed by atoms with Crippen LogP contribution >= 0.6 is 22.6 Å². The summed E-state index contributed by atoms with van der Waals surface area (Å²) < 4.78 is 6.83. The number of alkyl halides is 1. The minimum atomic E-state index is 0.0824. The van der Waals surface area contributed by atoms with Gasteiger partial charge in [-0.3, -0.25) is 4.79 Å². The van der Waals surface area contributed by atoms with Crippen LogP contribution in [0, 0.1) is 5.92 Å². The Labute approximate surface area is 171 Å². The summed E-state index contributed by atoms with van der Waals surface area (Å²) in [7, 11) is 0. The van der Waals surface area contributed by atoms with E-state index >= 15 is 0 Å².